The standard InChI is InChI=1S/C18H15ClFN3O2S/c19-13-8-12(6-7-14(13)20)22-18-23-17(25)15(26-18)9-16(24)21-10-11-4-2-1-3-5-11/h1-8,15H,9-10H2,(H,21,24)(H,22,23,25). The molecule has 1 unspecified atom stereocenters. The van der Waals surface area contributed by atoms with Crippen molar-refractivity contribution in [3.05, 3.63) is 64.9 Å². The summed E-state index contributed by atoms with van der Waals surface area (Å²) in [4.78, 5) is 28.3. The molecule has 8 heteroatoms. The van der Waals surface area contributed by atoms with E-state index in [-0.39, 0.29) is 23.3 Å². The summed E-state index contributed by atoms with van der Waals surface area (Å²) in [6, 6.07) is 13.6. The van der Waals surface area contributed by atoms with Gasteiger partial charge in [-0.15, -0.1) is 0 Å². The third kappa shape index (κ3) is 4.83. The van der Waals surface area contributed by atoms with E-state index < -0.39 is 11.1 Å². The Kier molecular flexibility index (Phi) is 5.90. The summed E-state index contributed by atoms with van der Waals surface area (Å²) in [5.41, 5.74) is 1.41. The maximum atomic E-state index is 13.2. The van der Waals surface area contributed by atoms with Crippen molar-refractivity contribution in [3.63, 3.8) is 0 Å². The monoisotopic (exact) mass is 391 g/mol. The first-order valence-electron chi connectivity index (χ1n) is 7.83. The summed E-state index contributed by atoms with van der Waals surface area (Å²) < 4.78 is 13.2. The van der Waals surface area contributed by atoms with Gasteiger partial charge in [-0.05, 0) is 23.8 Å². The first-order chi connectivity index (χ1) is 12.5. The van der Waals surface area contributed by atoms with Crippen molar-refractivity contribution in [2.45, 2.75) is 18.2 Å². The Hall–Kier alpha value is -2.38. The summed E-state index contributed by atoms with van der Waals surface area (Å²) in [5.74, 6) is -1.03. The van der Waals surface area contributed by atoms with Crippen LogP contribution in [-0.2, 0) is 16.1 Å². The van der Waals surface area contributed by atoms with Gasteiger partial charge in [0.05, 0.1) is 10.7 Å². The zero-order valence-electron chi connectivity index (χ0n) is 13.5. The lowest BCUT2D eigenvalue weighted by Crippen LogP contribution is -2.31. The minimum Gasteiger partial charge on any atom is -0.352 e. The molecule has 1 aliphatic heterocycles. The number of rotatable bonds is 5. The van der Waals surface area contributed by atoms with E-state index in [1.165, 1.54) is 30.0 Å². The molecule has 26 heavy (non-hydrogen) atoms. The molecule has 1 heterocycles. The van der Waals surface area contributed by atoms with E-state index in [1.807, 2.05) is 30.3 Å². The number of thioether (sulfide) groups is 1. The summed E-state index contributed by atoms with van der Waals surface area (Å²) in [6.07, 6.45) is 0.0481. The van der Waals surface area contributed by atoms with Crippen molar-refractivity contribution in [1.29, 1.82) is 0 Å². The highest BCUT2D eigenvalue weighted by molar-refractivity contribution is 8.15. The number of halogens is 2. The highest BCUT2D eigenvalue weighted by atomic mass is 35.5. The van der Waals surface area contributed by atoms with E-state index >= 15 is 0 Å². The largest absolute Gasteiger partial charge is 0.352 e. The topological polar surface area (TPSA) is 70.6 Å². The average Bonchev–Trinajstić information content (AvgIpc) is 2.96. The Morgan fingerprint density at radius 2 is 2.04 bits per heavy atom. The number of amidine groups is 1. The number of amides is 2. The van der Waals surface area contributed by atoms with Gasteiger partial charge < -0.3 is 10.6 Å². The number of hydrogen-bond donors (Lipinski definition) is 2. The van der Waals surface area contributed by atoms with Gasteiger partial charge in [0, 0.05) is 13.0 Å². The third-order valence-corrected chi connectivity index (χ3v) is 4.99. The average molecular weight is 392 g/mol. The second-order valence-corrected chi connectivity index (χ2v) is 7.18. The fraction of sp³-hybridized carbons (Fsp3) is 0.167. The molecule has 2 aromatic rings. The molecule has 0 saturated carbocycles. The SMILES string of the molecule is O=C(CC1SC(=Nc2ccc(F)c(Cl)c2)NC1=O)NCc1ccccc1. The molecule has 1 saturated heterocycles. The molecule has 2 amide bonds. The summed E-state index contributed by atoms with van der Waals surface area (Å²) in [7, 11) is 0. The summed E-state index contributed by atoms with van der Waals surface area (Å²) in [5, 5.41) is 5.18. The first kappa shape index (κ1) is 18.4. The molecule has 0 radical (unpaired) electrons. The van der Waals surface area contributed by atoms with Gasteiger partial charge in [-0.25, -0.2) is 9.38 Å². The van der Waals surface area contributed by atoms with Gasteiger partial charge in [0.2, 0.25) is 11.8 Å². The van der Waals surface area contributed by atoms with Crippen molar-refractivity contribution in [3.8, 4) is 0 Å². The Bertz CT molecular complexity index is 861. The Balaban J connectivity index is 1.56. The van der Waals surface area contributed by atoms with Crippen molar-refractivity contribution < 1.29 is 14.0 Å². The van der Waals surface area contributed by atoms with Crippen LogP contribution in [0.15, 0.2) is 53.5 Å². The number of aliphatic imine (C=N–C) groups is 1. The highest BCUT2D eigenvalue weighted by Gasteiger charge is 2.32. The molecule has 5 nitrogen and oxygen atoms in total. The minimum absolute atomic E-state index is 0.0435. The number of benzene rings is 2. The minimum atomic E-state index is -0.555. The Morgan fingerprint density at radius 3 is 2.77 bits per heavy atom. The van der Waals surface area contributed by atoms with Gasteiger partial charge >= 0.3 is 0 Å². The predicted octanol–water partition coefficient (Wildman–Crippen LogP) is 3.40. The van der Waals surface area contributed by atoms with E-state index in [1.54, 1.807) is 0 Å². The molecule has 1 fully saturated rings. The van der Waals surface area contributed by atoms with Crippen LogP contribution < -0.4 is 10.6 Å². The lowest BCUT2D eigenvalue weighted by atomic mass is 10.2. The van der Waals surface area contributed by atoms with E-state index in [4.69, 9.17) is 11.6 Å². The first-order valence-corrected chi connectivity index (χ1v) is 9.09. The second kappa shape index (κ2) is 8.33. The fourth-order valence-corrected chi connectivity index (χ4v) is 3.46. The molecule has 2 N–H and O–H groups in total. The molecule has 0 aliphatic carbocycles. The van der Waals surface area contributed by atoms with Crippen LogP contribution in [0.3, 0.4) is 0 Å². The molecule has 0 spiro atoms. The summed E-state index contributed by atoms with van der Waals surface area (Å²) >= 11 is 6.88. The molecule has 0 aromatic heterocycles. The molecular weight excluding hydrogens is 377 g/mol. The van der Waals surface area contributed by atoms with E-state index in [2.05, 4.69) is 15.6 Å². The van der Waals surface area contributed by atoms with Crippen molar-refractivity contribution >= 4 is 46.0 Å². The van der Waals surface area contributed by atoms with Crippen LogP contribution in [0.1, 0.15) is 12.0 Å². The Labute approximate surface area is 159 Å². The van der Waals surface area contributed by atoms with Gasteiger partial charge in [0.25, 0.3) is 0 Å². The molecule has 3 rings (SSSR count). The van der Waals surface area contributed by atoms with Gasteiger partial charge in [-0.1, -0.05) is 53.7 Å². The quantitative estimate of drug-likeness (QED) is 0.820. The van der Waals surface area contributed by atoms with Crippen LogP contribution in [0, 0.1) is 5.82 Å². The lowest BCUT2D eigenvalue weighted by Gasteiger charge is -2.07. The second-order valence-electron chi connectivity index (χ2n) is 5.58. The number of nitrogens with one attached hydrogen (secondary N) is 2. The zero-order valence-corrected chi connectivity index (χ0v) is 15.1. The molecular formula is C18H15ClFN3O2S. The number of carbonyl (C=O) groups is 2. The normalized spacial score (nSPS) is 18.0. The third-order valence-electron chi connectivity index (χ3n) is 3.61. The Morgan fingerprint density at radius 1 is 1.27 bits per heavy atom. The van der Waals surface area contributed by atoms with Gasteiger partial charge in [0.1, 0.15) is 11.1 Å². The molecule has 2 aromatic carbocycles. The van der Waals surface area contributed by atoms with Crippen LogP contribution in [0.4, 0.5) is 10.1 Å². The number of hydrogen-bond acceptors (Lipinski definition) is 4. The lowest BCUT2D eigenvalue weighted by molar-refractivity contribution is -0.125. The maximum absolute atomic E-state index is 13.2. The molecule has 0 bridgehead atoms. The number of nitrogens with zero attached hydrogens (tertiary/aromatic N) is 1. The van der Waals surface area contributed by atoms with Crippen LogP contribution in [-0.4, -0.2) is 22.2 Å². The maximum Gasteiger partial charge on any atom is 0.240 e. The van der Waals surface area contributed by atoms with Crippen molar-refractivity contribution in [1.82, 2.24) is 10.6 Å². The van der Waals surface area contributed by atoms with E-state index in [0.717, 1.165) is 5.56 Å². The summed E-state index contributed by atoms with van der Waals surface area (Å²) in [6.45, 7) is 0.410. The van der Waals surface area contributed by atoms with Crippen LogP contribution >= 0.6 is 23.4 Å². The van der Waals surface area contributed by atoms with Crippen LogP contribution in [0.5, 0.6) is 0 Å². The van der Waals surface area contributed by atoms with Gasteiger partial charge in [-0.3, -0.25) is 9.59 Å². The van der Waals surface area contributed by atoms with Crippen molar-refractivity contribution in [2.75, 3.05) is 0 Å². The molecule has 1 aliphatic rings. The van der Waals surface area contributed by atoms with Crippen molar-refractivity contribution in [2.24, 2.45) is 4.99 Å². The van der Waals surface area contributed by atoms with Gasteiger partial charge in [-0.2, -0.15) is 0 Å². The fourth-order valence-electron chi connectivity index (χ4n) is 2.30. The number of carbonyl (C=O) groups excluding carboxylic acids is 2. The molecule has 134 valence electrons. The van der Waals surface area contributed by atoms with Crippen LogP contribution in [0.2, 0.25) is 5.02 Å². The smallest absolute Gasteiger partial charge is 0.240 e. The zero-order chi connectivity index (χ0) is 18.5. The van der Waals surface area contributed by atoms with Crippen LogP contribution in [0.25, 0.3) is 0 Å². The van der Waals surface area contributed by atoms with E-state index in [0.29, 0.717) is 17.4 Å². The van der Waals surface area contributed by atoms with E-state index in [9.17, 15) is 14.0 Å². The molecule has 1 atom stereocenters. The van der Waals surface area contributed by atoms with Gasteiger partial charge in [0.15, 0.2) is 5.17 Å². The predicted molar refractivity (Wildman–Crippen MR) is 101 cm³/mol. The highest BCUT2D eigenvalue weighted by Crippen LogP contribution is 2.27.